The first-order valence-corrected chi connectivity index (χ1v) is 6.16. The second kappa shape index (κ2) is 5.71. The maximum atomic E-state index is 11.7. The minimum absolute atomic E-state index is 0.0914. The van der Waals surface area contributed by atoms with Crippen molar-refractivity contribution in [3.05, 3.63) is 0 Å². The van der Waals surface area contributed by atoms with E-state index in [0.29, 0.717) is 12.5 Å². The first-order chi connectivity index (χ1) is 6.69. The van der Waals surface area contributed by atoms with Crippen LogP contribution in [0.3, 0.4) is 0 Å². The van der Waals surface area contributed by atoms with Gasteiger partial charge in [0.15, 0.2) is 0 Å². The van der Waals surface area contributed by atoms with E-state index in [1.165, 1.54) is 12.8 Å². The normalized spacial score (nSPS) is 20.2. The van der Waals surface area contributed by atoms with Gasteiger partial charge in [0.2, 0.25) is 5.91 Å². The molecule has 2 atom stereocenters. The van der Waals surface area contributed by atoms with Crippen molar-refractivity contribution in [2.75, 3.05) is 19.0 Å². The van der Waals surface area contributed by atoms with Crippen molar-refractivity contribution in [1.82, 2.24) is 5.32 Å². The molecule has 0 spiro atoms. The molecule has 3 nitrogen and oxygen atoms in total. The molecule has 82 valence electrons. The number of amides is 1. The zero-order valence-electron chi connectivity index (χ0n) is 8.75. The number of nitrogens with one attached hydrogen (secondary N) is 1. The highest BCUT2D eigenvalue weighted by Gasteiger charge is 2.33. The molecule has 2 unspecified atom stereocenters. The van der Waals surface area contributed by atoms with Crippen LogP contribution in [-0.4, -0.2) is 31.0 Å². The van der Waals surface area contributed by atoms with Crippen LogP contribution < -0.4 is 5.32 Å². The highest BCUT2D eigenvalue weighted by atomic mass is 79.9. The van der Waals surface area contributed by atoms with E-state index in [-0.39, 0.29) is 17.9 Å². The first-order valence-electron chi connectivity index (χ1n) is 5.04. The lowest BCUT2D eigenvalue weighted by atomic mass is 10.1. The second-order valence-corrected chi connectivity index (χ2v) is 4.59. The summed E-state index contributed by atoms with van der Waals surface area (Å²) in [5, 5.41) is 3.72. The summed E-state index contributed by atoms with van der Waals surface area (Å²) in [6.07, 6.45) is 2.41. The van der Waals surface area contributed by atoms with Crippen LogP contribution in [0.15, 0.2) is 0 Å². The van der Waals surface area contributed by atoms with Gasteiger partial charge in [0.1, 0.15) is 0 Å². The molecule has 0 aliphatic heterocycles. The molecule has 1 rings (SSSR count). The van der Waals surface area contributed by atoms with Gasteiger partial charge in [0.25, 0.3) is 0 Å². The molecule has 1 amide bonds. The fourth-order valence-electron chi connectivity index (χ4n) is 1.47. The Morgan fingerprint density at radius 2 is 2.29 bits per heavy atom. The third kappa shape index (κ3) is 3.58. The molecule has 0 aromatic rings. The van der Waals surface area contributed by atoms with E-state index in [4.69, 9.17) is 4.74 Å². The standard InChI is InChI=1S/C10H18BrNO2/c1-7(8-3-4-8)10(13)12-9(5-11)6-14-2/h7-9H,3-6H2,1-2H3,(H,12,13). The van der Waals surface area contributed by atoms with E-state index >= 15 is 0 Å². The maximum absolute atomic E-state index is 11.7. The molecular weight excluding hydrogens is 246 g/mol. The molecule has 0 saturated heterocycles. The van der Waals surface area contributed by atoms with Crippen LogP contribution in [0.2, 0.25) is 0 Å². The summed E-state index contributed by atoms with van der Waals surface area (Å²) in [6.45, 7) is 2.57. The van der Waals surface area contributed by atoms with Crippen molar-refractivity contribution in [2.24, 2.45) is 11.8 Å². The lowest BCUT2D eigenvalue weighted by molar-refractivity contribution is -0.126. The predicted octanol–water partition coefficient (Wildman–Crippen LogP) is 1.56. The van der Waals surface area contributed by atoms with Crippen molar-refractivity contribution >= 4 is 21.8 Å². The third-order valence-corrected chi connectivity index (χ3v) is 3.42. The van der Waals surface area contributed by atoms with Crippen molar-refractivity contribution in [1.29, 1.82) is 0 Å². The summed E-state index contributed by atoms with van der Waals surface area (Å²) in [5.74, 6) is 0.941. The number of carbonyl (C=O) groups excluding carboxylic acids is 1. The largest absolute Gasteiger partial charge is 0.383 e. The van der Waals surface area contributed by atoms with E-state index in [1.54, 1.807) is 7.11 Å². The molecule has 1 aliphatic carbocycles. The van der Waals surface area contributed by atoms with Crippen molar-refractivity contribution < 1.29 is 9.53 Å². The number of carbonyl (C=O) groups is 1. The number of ether oxygens (including phenoxy) is 1. The molecule has 0 aromatic heterocycles. The third-order valence-electron chi connectivity index (χ3n) is 2.64. The van der Waals surface area contributed by atoms with E-state index in [1.807, 2.05) is 6.92 Å². The number of hydrogen-bond acceptors (Lipinski definition) is 2. The fraction of sp³-hybridized carbons (Fsp3) is 0.900. The van der Waals surface area contributed by atoms with Crippen molar-refractivity contribution in [3.8, 4) is 0 Å². The summed E-state index contributed by atoms with van der Waals surface area (Å²) >= 11 is 3.35. The molecule has 1 aliphatic rings. The molecule has 4 heteroatoms. The maximum Gasteiger partial charge on any atom is 0.223 e. The summed E-state index contributed by atoms with van der Waals surface area (Å²) in [6, 6.07) is 0.0914. The monoisotopic (exact) mass is 263 g/mol. The van der Waals surface area contributed by atoms with Crippen LogP contribution in [0.5, 0.6) is 0 Å². The Morgan fingerprint density at radius 1 is 1.64 bits per heavy atom. The number of alkyl halides is 1. The van der Waals surface area contributed by atoms with Crippen molar-refractivity contribution in [3.63, 3.8) is 0 Å². The number of methoxy groups -OCH3 is 1. The van der Waals surface area contributed by atoms with Crippen LogP contribution in [-0.2, 0) is 9.53 Å². The van der Waals surface area contributed by atoms with Crippen molar-refractivity contribution in [2.45, 2.75) is 25.8 Å². The van der Waals surface area contributed by atoms with Gasteiger partial charge in [-0.15, -0.1) is 0 Å². The second-order valence-electron chi connectivity index (χ2n) is 3.94. The lowest BCUT2D eigenvalue weighted by Crippen LogP contribution is -2.42. The summed E-state index contributed by atoms with van der Waals surface area (Å²) in [5.41, 5.74) is 0. The van der Waals surface area contributed by atoms with Crippen LogP contribution >= 0.6 is 15.9 Å². The molecule has 0 aromatic carbocycles. The lowest BCUT2D eigenvalue weighted by Gasteiger charge is -2.18. The van der Waals surface area contributed by atoms with E-state index in [2.05, 4.69) is 21.2 Å². The minimum Gasteiger partial charge on any atom is -0.383 e. The molecule has 1 saturated carbocycles. The minimum atomic E-state index is 0.0914. The van der Waals surface area contributed by atoms with Gasteiger partial charge < -0.3 is 10.1 Å². The highest BCUT2D eigenvalue weighted by Crippen LogP contribution is 2.36. The molecule has 0 radical (unpaired) electrons. The Morgan fingerprint density at radius 3 is 2.71 bits per heavy atom. The van der Waals surface area contributed by atoms with Gasteiger partial charge in [-0.25, -0.2) is 0 Å². The van der Waals surface area contributed by atoms with Gasteiger partial charge in [-0.05, 0) is 18.8 Å². The first kappa shape index (κ1) is 12.0. The van der Waals surface area contributed by atoms with E-state index in [9.17, 15) is 4.79 Å². The molecule has 0 bridgehead atoms. The number of hydrogen-bond donors (Lipinski definition) is 1. The summed E-state index contributed by atoms with van der Waals surface area (Å²) in [4.78, 5) is 11.7. The summed E-state index contributed by atoms with van der Waals surface area (Å²) < 4.78 is 5.01. The van der Waals surface area contributed by atoms with Gasteiger partial charge in [0, 0.05) is 18.4 Å². The van der Waals surface area contributed by atoms with Gasteiger partial charge in [-0.3, -0.25) is 4.79 Å². The van der Waals surface area contributed by atoms with E-state index in [0.717, 1.165) is 5.33 Å². The smallest absolute Gasteiger partial charge is 0.223 e. The zero-order chi connectivity index (χ0) is 10.6. The fourth-order valence-corrected chi connectivity index (χ4v) is 1.82. The Balaban J connectivity index is 2.29. The Labute approximate surface area is 93.7 Å². The van der Waals surface area contributed by atoms with Gasteiger partial charge >= 0.3 is 0 Å². The van der Waals surface area contributed by atoms with E-state index < -0.39 is 0 Å². The SMILES string of the molecule is COCC(CBr)NC(=O)C(C)C1CC1. The average molecular weight is 264 g/mol. The van der Waals surface area contributed by atoms with Crippen LogP contribution in [0.1, 0.15) is 19.8 Å². The molecular formula is C10H18BrNO2. The van der Waals surface area contributed by atoms with Crippen LogP contribution in [0.25, 0.3) is 0 Å². The summed E-state index contributed by atoms with van der Waals surface area (Å²) in [7, 11) is 1.64. The van der Waals surface area contributed by atoms with Gasteiger partial charge in [-0.1, -0.05) is 22.9 Å². The topological polar surface area (TPSA) is 38.3 Å². The van der Waals surface area contributed by atoms with Gasteiger partial charge in [-0.2, -0.15) is 0 Å². The highest BCUT2D eigenvalue weighted by molar-refractivity contribution is 9.09. The average Bonchev–Trinajstić information content (AvgIpc) is 2.99. The zero-order valence-corrected chi connectivity index (χ0v) is 10.3. The molecule has 0 heterocycles. The van der Waals surface area contributed by atoms with Gasteiger partial charge in [0.05, 0.1) is 12.6 Å². The Kier molecular flexibility index (Phi) is 4.89. The molecule has 14 heavy (non-hydrogen) atoms. The number of rotatable bonds is 6. The Bertz CT molecular complexity index is 195. The van der Waals surface area contributed by atoms with Crippen LogP contribution in [0.4, 0.5) is 0 Å². The predicted molar refractivity (Wildman–Crippen MR) is 59.5 cm³/mol. The number of halogens is 1. The van der Waals surface area contributed by atoms with Crippen LogP contribution in [0, 0.1) is 11.8 Å². The Hall–Kier alpha value is -0.0900. The molecule has 1 N–H and O–H groups in total. The quantitative estimate of drug-likeness (QED) is 0.739. The molecule has 1 fully saturated rings.